The molecule has 0 spiro atoms. The third-order valence-corrected chi connectivity index (χ3v) is 3.60. The van der Waals surface area contributed by atoms with Crippen LogP contribution in [0.15, 0.2) is 73.7 Å². The van der Waals surface area contributed by atoms with Gasteiger partial charge in [0.05, 0.1) is 12.2 Å². The Kier molecular flexibility index (Phi) is 4.81. The van der Waals surface area contributed by atoms with Crippen molar-refractivity contribution in [1.82, 2.24) is 15.0 Å². The number of benzene rings is 1. The van der Waals surface area contributed by atoms with E-state index in [0.717, 1.165) is 22.8 Å². The van der Waals surface area contributed by atoms with Gasteiger partial charge >= 0.3 is 0 Å². The number of anilines is 3. The predicted octanol–water partition coefficient (Wildman–Crippen LogP) is 4.07. The van der Waals surface area contributed by atoms with Gasteiger partial charge in [-0.2, -0.15) is 4.98 Å². The molecule has 0 aliphatic heterocycles. The summed E-state index contributed by atoms with van der Waals surface area (Å²) in [5, 5.41) is 3.20. The molecule has 5 heteroatoms. The van der Waals surface area contributed by atoms with Gasteiger partial charge in [0, 0.05) is 24.3 Å². The molecular weight excluding hydrogens is 298 g/mol. The maximum Gasteiger partial charge on any atom is 0.224 e. The van der Waals surface area contributed by atoms with Crippen molar-refractivity contribution in [3.05, 3.63) is 85.0 Å². The fourth-order valence-corrected chi connectivity index (χ4v) is 2.39. The van der Waals surface area contributed by atoms with Crippen LogP contribution in [-0.4, -0.2) is 15.0 Å². The van der Waals surface area contributed by atoms with Crippen molar-refractivity contribution in [2.75, 3.05) is 10.2 Å². The van der Waals surface area contributed by atoms with Gasteiger partial charge in [-0.1, -0.05) is 30.8 Å². The van der Waals surface area contributed by atoms with Crippen LogP contribution in [0.1, 0.15) is 11.3 Å². The monoisotopic (exact) mass is 317 g/mol. The molecule has 0 saturated carbocycles. The lowest BCUT2D eigenvalue weighted by Gasteiger charge is -2.21. The summed E-state index contributed by atoms with van der Waals surface area (Å²) >= 11 is 0. The summed E-state index contributed by atoms with van der Waals surface area (Å²) in [4.78, 5) is 15.1. The molecule has 0 saturated heterocycles. The molecule has 1 N–H and O–H groups in total. The molecule has 0 aliphatic carbocycles. The second kappa shape index (κ2) is 7.37. The Hall–Kier alpha value is -3.21. The molecule has 0 atom stereocenters. The number of nitrogens with one attached hydrogen (secondary N) is 1. The Balaban J connectivity index is 1.81. The SMILES string of the molecule is C=CN(c1ccnc(NCc2ccccn2)n1)c1ccccc1C. The van der Waals surface area contributed by atoms with Gasteiger partial charge in [-0.15, -0.1) is 0 Å². The second-order valence-corrected chi connectivity index (χ2v) is 5.25. The van der Waals surface area contributed by atoms with Crippen molar-refractivity contribution >= 4 is 17.5 Å². The lowest BCUT2D eigenvalue weighted by molar-refractivity contribution is 0.995. The zero-order chi connectivity index (χ0) is 16.8. The van der Waals surface area contributed by atoms with Crippen LogP contribution in [0.5, 0.6) is 0 Å². The van der Waals surface area contributed by atoms with Gasteiger partial charge in [0.1, 0.15) is 5.82 Å². The lowest BCUT2D eigenvalue weighted by Crippen LogP contribution is -2.13. The summed E-state index contributed by atoms with van der Waals surface area (Å²) in [6, 6.07) is 15.8. The third kappa shape index (κ3) is 3.57. The molecule has 2 aromatic heterocycles. The van der Waals surface area contributed by atoms with E-state index < -0.39 is 0 Å². The summed E-state index contributed by atoms with van der Waals surface area (Å²) in [5.41, 5.74) is 3.13. The van der Waals surface area contributed by atoms with E-state index in [9.17, 15) is 0 Å². The number of rotatable bonds is 6. The summed E-state index contributed by atoms with van der Waals surface area (Å²) in [6.07, 6.45) is 5.26. The smallest absolute Gasteiger partial charge is 0.224 e. The molecule has 5 nitrogen and oxygen atoms in total. The molecule has 0 amide bonds. The van der Waals surface area contributed by atoms with Crippen molar-refractivity contribution in [2.24, 2.45) is 0 Å². The molecule has 120 valence electrons. The molecule has 1 aromatic carbocycles. The Morgan fingerprint density at radius 1 is 1.04 bits per heavy atom. The number of aromatic nitrogens is 3. The van der Waals surface area contributed by atoms with Gasteiger partial charge < -0.3 is 10.2 Å². The minimum absolute atomic E-state index is 0.554. The van der Waals surface area contributed by atoms with Gasteiger partial charge in [0.2, 0.25) is 5.95 Å². The van der Waals surface area contributed by atoms with Gasteiger partial charge in [0.25, 0.3) is 0 Å². The number of aryl methyl sites for hydroxylation is 1. The van der Waals surface area contributed by atoms with Gasteiger partial charge in [-0.25, -0.2) is 4.98 Å². The first-order valence-electron chi connectivity index (χ1n) is 7.72. The van der Waals surface area contributed by atoms with E-state index in [1.165, 1.54) is 0 Å². The molecule has 0 bridgehead atoms. The van der Waals surface area contributed by atoms with Gasteiger partial charge in [-0.05, 0) is 36.8 Å². The van der Waals surface area contributed by atoms with E-state index >= 15 is 0 Å². The topological polar surface area (TPSA) is 53.9 Å². The van der Waals surface area contributed by atoms with Crippen molar-refractivity contribution in [3.8, 4) is 0 Å². The summed E-state index contributed by atoms with van der Waals surface area (Å²) in [7, 11) is 0. The highest BCUT2D eigenvalue weighted by Gasteiger charge is 2.10. The first-order chi connectivity index (χ1) is 11.8. The van der Waals surface area contributed by atoms with E-state index in [0.29, 0.717) is 12.5 Å². The van der Waals surface area contributed by atoms with E-state index in [1.54, 1.807) is 18.6 Å². The van der Waals surface area contributed by atoms with E-state index in [-0.39, 0.29) is 0 Å². The quantitative estimate of drug-likeness (QED) is 0.742. The van der Waals surface area contributed by atoms with Crippen LogP contribution in [0.25, 0.3) is 0 Å². The molecule has 0 fully saturated rings. The third-order valence-electron chi connectivity index (χ3n) is 3.60. The fraction of sp³-hybridized carbons (Fsp3) is 0.105. The maximum atomic E-state index is 4.58. The van der Waals surface area contributed by atoms with Crippen LogP contribution in [0, 0.1) is 6.92 Å². The Labute approximate surface area is 141 Å². The van der Waals surface area contributed by atoms with Crippen molar-refractivity contribution in [3.63, 3.8) is 0 Å². The molecular formula is C19H19N5. The van der Waals surface area contributed by atoms with Crippen LogP contribution < -0.4 is 10.2 Å². The molecule has 0 aliphatic rings. The highest BCUT2D eigenvalue weighted by molar-refractivity contribution is 5.66. The minimum Gasteiger partial charge on any atom is -0.349 e. The lowest BCUT2D eigenvalue weighted by atomic mass is 10.2. The summed E-state index contributed by atoms with van der Waals surface area (Å²) < 4.78 is 0. The first-order valence-corrected chi connectivity index (χ1v) is 7.72. The zero-order valence-electron chi connectivity index (χ0n) is 13.6. The Bertz CT molecular complexity index is 817. The molecule has 3 aromatic rings. The molecule has 24 heavy (non-hydrogen) atoms. The van der Waals surface area contributed by atoms with Crippen molar-refractivity contribution < 1.29 is 0 Å². The average Bonchev–Trinajstić information content (AvgIpc) is 2.63. The number of hydrogen-bond acceptors (Lipinski definition) is 5. The van der Waals surface area contributed by atoms with Crippen molar-refractivity contribution in [1.29, 1.82) is 0 Å². The van der Waals surface area contributed by atoms with Crippen LogP contribution in [0.4, 0.5) is 17.5 Å². The number of nitrogens with zero attached hydrogens (tertiary/aromatic N) is 4. The normalized spacial score (nSPS) is 10.2. The Morgan fingerprint density at radius 3 is 2.62 bits per heavy atom. The number of hydrogen-bond donors (Lipinski definition) is 1. The van der Waals surface area contributed by atoms with E-state index in [2.05, 4.69) is 39.8 Å². The summed E-state index contributed by atoms with van der Waals surface area (Å²) in [5.74, 6) is 1.32. The molecule has 3 rings (SSSR count). The fourth-order valence-electron chi connectivity index (χ4n) is 2.39. The summed E-state index contributed by atoms with van der Waals surface area (Å²) in [6.45, 7) is 6.55. The van der Waals surface area contributed by atoms with Gasteiger partial charge in [-0.3, -0.25) is 4.98 Å². The van der Waals surface area contributed by atoms with Gasteiger partial charge in [0.15, 0.2) is 0 Å². The minimum atomic E-state index is 0.554. The van der Waals surface area contributed by atoms with Crippen LogP contribution in [-0.2, 0) is 6.54 Å². The first kappa shape index (κ1) is 15.7. The van der Waals surface area contributed by atoms with Crippen LogP contribution in [0.2, 0.25) is 0 Å². The average molecular weight is 317 g/mol. The molecule has 0 unspecified atom stereocenters. The Morgan fingerprint density at radius 2 is 1.88 bits per heavy atom. The van der Waals surface area contributed by atoms with Crippen LogP contribution in [0.3, 0.4) is 0 Å². The maximum absolute atomic E-state index is 4.58. The highest BCUT2D eigenvalue weighted by atomic mass is 15.2. The zero-order valence-corrected chi connectivity index (χ0v) is 13.6. The van der Waals surface area contributed by atoms with Crippen molar-refractivity contribution in [2.45, 2.75) is 13.5 Å². The number of pyridine rings is 1. The largest absolute Gasteiger partial charge is 0.349 e. The van der Waals surface area contributed by atoms with E-state index in [4.69, 9.17) is 0 Å². The van der Waals surface area contributed by atoms with Crippen LogP contribution >= 0.6 is 0 Å². The second-order valence-electron chi connectivity index (χ2n) is 5.25. The van der Waals surface area contributed by atoms with E-state index in [1.807, 2.05) is 47.4 Å². The molecule has 0 radical (unpaired) electrons. The molecule has 2 heterocycles. The highest BCUT2D eigenvalue weighted by Crippen LogP contribution is 2.27. The predicted molar refractivity (Wildman–Crippen MR) is 97.1 cm³/mol. The number of para-hydroxylation sites is 1. The standard InChI is InChI=1S/C19H19N5/c1-3-24(17-10-5-4-8-15(17)2)18-11-13-21-19(23-18)22-14-16-9-6-7-12-20-16/h3-13H,1,14H2,2H3,(H,21,22,23).